The predicted octanol–water partition coefficient (Wildman–Crippen LogP) is 28.8. The van der Waals surface area contributed by atoms with Gasteiger partial charge in [0.05, 0.1) is 29.1 Å². The van der Waals surface area contributed by atoms with E-state index in [-0.39, 0.29) is 55.8 Å². The van der Waals surface area contributed by atoms with Crippen molar-refractivity contribution in [3.8, 4) is 72.4 Å². The van der Waals surface area contributed by atoms with Crippen molar-refractivity contribution in [2.75, 3.05) is 14.7 Å². The number of anilines is 9. The Kier molecular flexibility index (Phi) is 15.7. The molecule has 0 saturated heterocycles. The van der Waals surface area contributed by atoms with Crippen LogP contribution in [-0.2, 0) is 27.1 Å². The van der Waals surface area contributed by atoms with Crippen LogP contribution in [0.25, 0.3) is 94.3 Å². The standard InChI is InChI=1S/C110H101BN4/c1-106(2,3)82-57-79(58-83(66-82)107(4,5)6)76-50-53-96-100(63-76)115(105-93(74-40-26-18-27-41-74)68-86(110(13,14)15)69-94(105)75-42-28-19-29-43-75)103-65-81(80-59-84(108(7,8)9)67-85(60-80)109(10,11)12)64-102-104(103)111(96)97-54-51-90(71-101(97)114(102)91-61-77(72-36-22-16-23-37-72)56-78(62-91)73-38-24-17-25-39-73)113-98-49-35-34-48-92(98)95-70-89(52-55-99(95)113)112(87-44-30-20-31-45-87)88-46-32-21-33-47-88/h16-71H,1-15H3/i20D,30D,31D,34D,35D,44D,45D,48D,49D. The van der Waals surface area contributed by atoms with Gasteiger partial charge in [0, 0.05) is 73.1 Å². The van der Waals surface area contributed by atoms with Crippen molar-refractivity contribution in [2.45, 2.75) is 131 Å². The topological polar surface area (TPSA) is 14.7 Å². The van der Waals surface area contributed by atoms with E-state index in [1.54, 1.807) is 4.90 Å². The molecule has 4 nitrogen and oxygen atoms in total. The van der Waals surface area contributed by atoms with Gasteiger partial charge in [0.15, 0.2) is 0 Å². The average Bonchev–Trinajstić information content (AvgIpc) is 0.742. The summed E-state index contributed by atoms with van der Waals surface area (Å²) in [5.74, 6) is 0. The van der Waals surface area contributed by atoms with Gasteiger partial charge in [-0.2, -0.15) is 0 Å². The van der Waals surface area contributed by atoms with Gasteiger partial charge in [-0.1, -0.05) is 334 Å². The number of fused-ring (bicyclic) bond motifs is 7. The molecule has 16 aromatic rings. The first-order valence-electron chi connectivity index (χ1n) is 44.8. The maximum atomic E-state index is 10.2. The summed E-state index contributed by atoms with van der Waals surface area (Å²) in [5.41, 5.74) is 28.6. The molecule has 564 valence electrons. The fourth-order valence-corrected chi connectivity index (χ4v) is 17.1. The van der Waals surface area contributed by atoms with Crippen LogP contribution in [-0.4, -0.2) is 11.3 Å². The van der Waals surface area contributed by atoms with Crippen LogP contribution in [0.15, 0.2) is 340 Å². The largest absolute Gasteiger partial charge is 0.311 e. The third-order valence-electron chi connectivity index (χ3n) is 23.4. The summed E-state index contributed by atoms with van der Waals surface area (Å²) >= 11 is 0. The first kappa shape index (κ1) is 64.0. The van der Waals surface area contributed by atoms with Crippen molar-refractivity contribution in [1.29, 1.82) is 0 Å². The van der Waals surface area contributed by atoms with Gasteiger partial charge in [0.1, 0.15) is 0 Å². The van der Waals surface area contributed by atoms with E-state index in [1.807, 2.05) is 53.1 Å². The van der Waals surface area contributed by atoms with Gasteiger partial charge in [0.25, 0.3) is 6.71 Å². The van der Waals surface area contributed by atoms with Gasteiger partial charge in [0.2, 0.25) is 0 Å². The number of hydrogen-bond acceptors (Lipinski definition) is 3. The highest BCUT2D eigenvalue weighted by molar-refractivity contribution is 7.00. The first-order chi connectivity index (χ1) is 58.9. The Morgan fingerprint density at radius 2 is 0.687 bits per heavy atom. The van der Waals surface area contributed by atoms with Crippen LogP contribution >= 0.6 is 0 Å². The minimum atomic E-state index is -0.525. The summed E-state index contributed by atoms with van der Waals surface area (Å²) in [6.07, 6.45) is 0. The number of aromatic nitrogens is 1. The van der Waals surface area contributed by atoms with Crippen molar-refractivity contribution in [3.05, 3.63) is 367 Å². The van der Waals surface area contributed by atoms with E-state index in [4.69, 9.17) is 4.11 Å². The van der Waals surface area contributed by atoms with Crippen LogP contribution in [0.5, 0.6) is 0 Å². The zero-order chi connectivity index (χ0) is 87.4. The first-order valence-corrected chi connectivity index (χ1v) is 40.3. The summed E-state index contributed by atoms with van der Waals surface area (Å²) in [6.45, 7) is 34.1. The lowest BCUT2D eigenvalue weighted by atomic mass is 9.33. The Labute approximate surface area is 694 Å². The van der Waals surface area contributed by atoms with E-state index in [0.29, 0.717) is 28.0 Å². The highest BCUT2D eigenvalue weighted by atomic mass is 15.2. The van der Waals surface area contributed by atoms with Crippen LogP contribution < -0.4 is 31.1 Å². The molecule has 0 fully saturated rings. The Balaban J connectivity index is 1.02. The van der Waals surface area contributed by atoms with E-state index < -0.39 is 49.0 Å². The number of hydrogen-bond donors (Lipinski definition) is 0. The van der Waals surface area contributed by atoms with E-state index in [1.165, 1.54) is 27.8 Å². The summed E-state index contributed by atoms with van der Waals surface area (Å²) in [6, 6.07) is 99.2. The predicted molar refractivity (Wildman–Crippen MR) is 496 cm³/mol. The van der Waals surface area contributed by atoms with Gasteiger partial charge in [-0.05, 0) is 236 Å². The smallest absolute Gasteiger partial charge is 0.252 e. The molecule has 2 aliphatic heterocycles. The molecule has 2 aliphatic rings. The Morgan fingerprint density at radius 3 is 1.20 bits per heavy atom. The second kappa shape index (κ2) is 28.3. The molecular weight excluding hydrogens is 1390 g/mol. The number of benzene rings is 15. The van der Waals surface area contributed by atoms with E-state index in [2.05, 4.69) is 350 Å². The van der Waals surface area contributed by atoms with Gasteiger partial charge in [-0.25, -0.2) is 0 Å². The van der Waals surface area contributed by atoms with Gasteiger partial charge < -0.3 is 19.3 Å². The van der Waals surface area contributed by atoms with Crippen molar-refractivity contribution in [2.24, 2.45) is 0 Å². The van der Waals surface area contributed by atoms with Crippen LogP contribution in [0.3, 0.4) is 0 Å². The third kappa shape index (κ3) is 13.7. The molecule has 0 aliphatic carbocycles. The quantitative estimate of drug-likeness (QED) is 0.113. The summed E-state index contributed by atoms with van der Waals surface area (Å²) in [5, 5.41) is 0.707. The van der Waals surface area contributed by atoms with E-state index >= 15 is 0 Å². The number of nitrogens with zero attached hydrogens (tertiary/aromatic N) is 4. The highest BCUT2D eigenvalue weighted by Crippen LogP contribution is 2.55. The molecule has 0 spiro atoms. The monoisotopic (exact) mass is 1500 g/mol. The zero-order valence-electron chi connectivity index (χ0n) is 77.5. The number of para-hydroxylation sites is 3. The third-order valence-corrected chi connectivity index (χ3v) is 23.4. The molecule has 0 radical (unpaired) electrons. The maximum absolute atomic E-state index is 10.2. The van der Waals surface area contributed by atoms with Crippen molar-refractivity contribution in [1.82, 2.24) is 4.57 Å². The molecule has 0 N–H and O–H groups in total. The van der Waals surface area contributed by atoms with Crippen LogP contribution in [0.1, 0.15) is 144 Å². The summed E-state index contributed by atoms with van der Waals surface area (Å²) in [7, 11) is 0. The second-order valence-corrected chi connectivity index (χ2v) is 36.5. The second-order valence-electron chi connectivity index (χ2n) is 36.5. The molecule has 15 aromatic carbocycles. The molecule has 0 unspecified atom stereocenters. The normalized spacial score (nSPS) is 14.0. The van der Waals surface area contributed by atoms with Crippen molar-refractivity contribution < 1.29 is 12.3 Å². The highest BCUT2D eigenvalue weighted by Gasteiger charge is 2.46. The molecule has 5 heteroatoms. The average molecular weight is 1500 g/mol. The summed E-state index contributed by atoms with van der Waals surface area (Å²) in [4.78, 5) is 6.78. The SMILES string of the molecule is [2H]c1c([2H])c([2H])c(N(c2ccccc2)c2ccc3c(c2)c2c([2H])c([2H])c([2H])c([2H])c2n3-c2ccc3c(c2)N(c2cc(-c4ccccc4)cc(-c4ccccc4)c2)c2cc(-c4cc(C(C)(C)C)cc(C(C)(C)C)c4)cc4c2B3c2ccc(-c3cc(C(C)(C)C)cc(C(C)(C)C)c3)cc2N4c2c(-c3ccccc3)cc(C(C)(C)C)cc2-c2ccccc2)c([2H])c1[2H]. The molecular formula is C110H101BN4. The molecule has 18 rings (SSSR count). The Bertz CT molecular complexity index is 6780. The lowest BCUT2D eigenvalue weighted by Gasteiger charge is -2.45. The molecule has 3 heterocycles. The fourth-order valence-electron chi connectivity index (χ4n) is 17.1. The Hall–Kier alpha value is -12.4. The summed E-state index contributed by atoms with van der Waals surface area (Å²) < 4.78 is 86.7. The molecule has 115 heavy (non-hydrogen) atoms. The molecule has 1 aromatic heterocycles. The Morgan fingerprint density at radius 1 is 0.270 bits per heavy atom. The van der Waals surface area contributed by atoms with Crippen molar-refractivity contribution >= 4 is 96.1 Å². The van der Waals surface area contributed by atoms with E-state index in [9.17, 15) is 8.22 Å². The lowest BCUT2D eigenvalue weighted by Crippen LogP contribution is -2.61. The fraction of sp³-hybridized carbons (Fsp3) is 0.182. The lowest BCUT2D eigenvalue weighted by molar-refractivity contribution is 0.568. The molecule has 0 saturated carbocycles. The van der Waals surface area contributed by atoms with Crippen LogP contribution in [0.2, 0.25) is 0 Å². The van der Waals surface area contributed by atoms with Gasteiger partial charge >= 0.3 is 0 Å². The molecule has 0 bridgehead atoms. The molecule has 0 amide bonds. The maximum Gasteiger partial charge on any atom is 0.252 e. The minimum absolute atomic E-state index is 0.0772. The number of rotatable bonds is 12. The van der Waals surface area contributed by atoms with Crippen LogP contribution in [0.4, 0.5) is 51.2 Å². The van der Waals surface area contributed by atoms with Crippen LogP contribution in [0, 0.1) is 0 Å². The van der Waals surface area contributed by atoms with Crippen molar-refractivity contribution in [3.63, 3.8) is 0 Å². The molecule has 0 atom stereocenters. The minimum Gasteiger partial charge on any atom is -0.311 e. The van der Waals surface area contributed by atoms with Gasteiger partial charge in [-0.15, -0.1) is 0 Å². The zero-order valence-corrected chi connectivity index (χ0v) is 68.5. The van der Waals surface area contributed by atoms with Gasteiger partial charge in [-0.3, -0.25) is 0 Å². The van der Waals surface area contributed by atoms with E-state index in [0.717, 1.165) is 117 Å².